The third-order valence-corrected chi connectivity index (χ3v) is 3.59. The lowest BCUT2D eigenvalue weighted by Crippen LogP contribution is -2.35. The van der Waals surface area contributed by atoms with Gasteiger partial charge in [0.05, 0.1) is 18.3 Å². The fraction of sp³-hybridized carbons (Fsp3) is 1.00. The summed E-state index contributed by atoms with van der Waals surface area (Å²) < 4.78 is 5.96. The van der Waals surface area contributed by atoms with Gasteiger partial charge in [-0.1, -0.05) is 19.8 Å². The summed E-state index contributed by atoms with van der Waals surface area (Å²) in [5, 5.41) is 9.02. The van der Waals surface area contributed by atoms with E-state index >= 15 is 0 Å². The van der Waals surface area contributed by atoms with Gasteiger partial charge in [-0.25, -0.2) is 0 Å². The van der Waals surface area contributed by atoms with E-state index in [1.165, 1.54) is 32.1 Å². The average Bonchev–Trinajstić information content (AvgIpc) is 2.48. The molecule has 2 heteroatoms. The maximum Gasteiger partial charge on any atom is 0.0814 e. The van der Waals surface area contributed by atoms with Crippen molar-refractivity contribution >= 4 is 0 Å². The molecule has 2 rings (SSSR count). The Kier molecular flexibility index (Phi) is 2.61. The molecule has 1 N–H and O–H groups in total. The van der Waals surface area contributed by atoms with E-state index in [0.29, 0.717) is 0 Å². The van der Waals surface area contributed by atoms with E-state index in [4.69, 9.17) is 9.84 Å². The first-order chi connectivity index (χ1) is 6.24. The molecule has 76 valence electrons. The molecule has 3 atom stereocenters. The zero-order valence-corrected chi connectivity index (χ0v) is 8.46. The molecule has 0 aromatic carbocycles. The van der Waals surface area contributed by atoms with Gasteiger partial charge in [-0.05, 0) is 31.6 Å². The van der Waals surface area contributed by atoms with Crippen LogP contribution >= 0.6 is 0 Å². The van der Waals surface area contributed by atoms with E-state index < -0.39 is 0 Å². The van der Waals surface area contributed by atoms with Crippen LogP contribution in [0, 0.1) is 5.92 Å². The van der Waals surface area contributed by atoms with Crippen LogP contribution in [-0.4, -0.2) is 23.4 Å². The Bertz CT molecular complexity index is 181. The fourth-order valence-corrected chi connectivity index (χ4v) is 2.97. The van der Waals surface area contributed by atoms with Gasteiger partial charge in [0.1, 0.15) is 0 Å². The molecule has 2 fully saturated rings. The van der Waals surface area contributed by atoms with Crippen molar-refractivity contribution in [2.45, 2.75) is 57.2 Å². The lowest BCUT2D eigenvalue weighted by atomic mass is 9.77. The van der Waals surface area contributed by atoms with E-state index in [0.717, 1.165) is 12.3 Å². The van der Waals surface area contributed by atoms with Crippen LogP contribution in [0.1, 0.15) is 45.4 Å². The summed E-state index contributed by atoms with van der Waals surface area (Å²) in [5.41, 5.74) is 0.158. The molecule has 1 saturated heterocycles. The predicted octanol–water partition coefficient (Wildman–Crippen LogP) is 2.11. The van der Waals surface area contributed by atoms with Crippen LogP contribution in [0.5, 0.6) is 0 Å². The van der Waals surface area contributed by atoms with E-state index in [1.807, 2.05) is 0 Å². The Morgan fingerprint density at radius 3 is 2.85 bits per heavy atom. The van der Waals surface area contributed by atoms with Crippen molar-refractivity contribution in [1.29, 1.82) is 0 Å². The van der Waals surface area contributed by atoms with Crippen LogP contribution in [-0.2, 0) is 4.74 Å². The van der Waals surface area contributed by atoms with Crippen LogP contribution in [0.3, 0.4) is 0 Å². The second-order valence-electron chi connectivity index (χ2n) is 4.85. The van der Waals surface area contributed by atoms with E-state index in [1.54, 1.807) is 0 Å². The molecule has 2 aliphatic rings. The van der Waals surface area contributed by atoms with Crippen molar-refractivity contribution in [2.75, 3.05) is 6.61 Å². The minimum atomic E-state index is 0.130. The number of ether oxygens (including phenoxy) is 1. The number of aliphatic hydroxyl groups is 1. The highest BCUT2D eigenvalue weighted by Crippen LogP contribution is 2.43. The fourth-order valence-electron chi connectivity index (χ4n) is 2.97. The van der Waals surface area contributed by atoms with Crippen molar-refractivity contribution in [3.05, 3.63) is 0 Å². The first-order valence-electron chi connectivity index (χ1n) is 5.53. The van der Waals surface area contributed by atoms with Gasteiger partial charge in [0, 0.05) is 0 Å². The number of aliphatic hydroxyl groups excluding tert-OH is 1. The third kappa shape index (κ3) is 1.89. The second-order valence-corrected chi connectivity index (χ2v) is 4.85. The highest BCUT2D eigenvalue weighted by molar-refractivity contribution is 4.92. The SMILES string of the molecule is C[C@@H]1CCC[C@@]2(CC[C@H](CO)O2)C1. The largest absolute Gasteiger partial charge is 0.394 e. The normalized spacial score (nSPS) is 45.7. The zero-order chi connectivity index (χ0) is 9.31. The minimum Gasteiger partial charge on any atom is -0.394 e. The topological polar surface area (TPSA) is 29.5 Å². The molecule has 1 aliphatic heterocycles. The molecule has 0 radical (unpaired) electrons. The summed E-state index contributed by atoms with van der Waals surface area (Å²) in [7, 11) is 0. The lowest BCUT2D eigenvalue weighted by molar-refractivity contribution is -0.0869. The standard InChI is InChI=1S/C11H20O2/c1-9-3-2-5-11(7-9)6-4-10(8-12)13-11/h9-10,12H,2-8H2,1H3/t9-,10-,11-/m1/s1. The molecule has 0 bridgehead atoms. The predicted molar refractivity (Wildman–Crippen MR) is 51.6 cm³/mol. The first-order valence-corrected chi connectivity index (χ1v) is 5.53. The number of rotatable bonds is 1. The van der Waals surface area contributed by atoms with Crippen LogP contribution in [0.25, 0.3) is 0 Å². The van der Waals surface area contributed by atoms with Gasteiger partial charge in [0.15, 0.2) is 0 Å². The average molecular weight is 184 g/mol. The van der Waals surface area contributed by atoms with E-state index in [9.17, 15) is 0 Å². The van der Waals surface area contributed by atoms with Crippen LogP contribution in [0.15, 0.2) is 0 Å². The summed E-state index contributed by atoms with van der Waals surface area (Å²) in [6.45, 7) is 2.52. The molecule has 2 nitrogen and oxygen atoms in total. The summed E-state index contributed by atoms with van der Waals surface area (Å²) in [4.78, 5) is 0. The Labute approximate surface area is 80.3 Å². The van der Waals surface area contributed by atoms with Crippen molar-refractivity contribution < 1.29 is 9.84 Å². The van der Waals surface area contributed by atoms with Gasteiger partial charge in [-0.15, -0.1) is 0 Å². The van der Waals surface area contributed by atoms with Gasteiger partial charge < -0.3 is 9.84 Å². The Hall–Kier alpha value is -0.0800. The Morgan fingerprint density at radius 2 is 2.23 bits per heavy atom. The molecule has 0 amide bonds. The molecule has 1 saturated carbocycles. The van der Waals surface area contributed by atoms with Crippen molar-refractivity contribution in [3.63, 3.8) is 0 Å². The highest BCUT2D eigenvalue weighted by atomic mass is 16.5. The molecule has 0 aromatic heterocycles. The zero-order valence-electron chi connectivity index (χ0n) is 8.46. The third-order valence-electron chi connectivity index (χ3n) is 3.59. The van der Waals surface area contributed by atoms with Gasteiger partial charge in [0.2, 0.25) is 0 Å². The first kappa shape index (κ1) is 9.47. The molecule has 1 aliphatic carbocycles. The van der Waals surface area contributed by atoms with Crippen LogP contribution < -0.4 is 0 Å². The van der Waals surface area contributed by atoms with E-state index in [2.05, 4.69) is 6.92 Å². The van der Waals surface area contributed by atoms with Gasteiger partial charge in [-0.2, -0.15) is 0 Å². The van der Waals surface area contributed by atoms with E-state index in [-0.39, 0.29) is 18.3 Å². The van der Waals surface area contributed by atoms with Gasteiger partial charge >= 0.3 is 0 Å². The molecule has 1 heterocycles. The quantitative estimate of drug-likeness (QED) is 0.676. The van der Waals surface area contributed by atoms with Gasteiger partial charge in [0.25, 0.3) is 0 Å². The molecule has 0 unspecified atom stereocenters. The highest BCUT2D eigenvalue weighted by Gasteiger charge is 2.42. The molecular weight excluding hydrogens is 164 g/mol. The Morgan fingerprint density at radius 1 is 1.38 bits per heavy atom. The minimum absolute atomic E-state index is 0.130. The van der Waals surface area contributed by atoms with Gasteiger partial charge in [-0.3, -0.25) is 0 Å². The molecule has 13 heavy (non-hydrogen) atoms. The second kappa shape index (κ2) is 3.58. The Balaban J connectivity index is 1.97. The molecule has 1 spiro atoms. The summed E-state index contributed by atoms with van der Waals surface area (Å²) in [6, 6.07) is 0. The molecular formula is C11H20O2. The summed E-state index contributed by atoms with van der Waals surface area (Å²) >= 11 is 0. The molecule has 0 aromatic rings. The smallest absolute Gasteiger partial charge is 0.0814 e. The maximum atomic E-state index is 9.02. The van der Waals surface area contributed by atoms with Crippen LogP contribution in [0.2, 0.25) is 0 Å². The maximum absolute atomic E-state index is 9.02. The van der Waals surface area contributed by atoms with Crippen LogP contribution in [0.4, 0.5) is 0 Å². The summed E-state index contributed by atoms with van der Waals surface area (Å²) in [6.07, 6.45) is 7.45. The summed E-state index contributed by atoms with van der Waals surface area (Å²) in [5.74, 6) is 0.811. The van der Waals surface area contributed by atoms with Crippen molar-refractivity contribution in [2.24, 2.45) is 5.92 Å². The van der Waals surface area contributed by atoms with Crippen molar-refractivity contribution in [3.8, 4) is 0 Å². The lowest BCUT2D eigenvalue weighted by Gasteiger charge is -2.36. The van der Waals surface area contributed by atoms with Crippen molar-refractivity contribution in [1.82, 2.24) is 0 Å². The monoisotopic (exact) mass is 184 g/mol. The number of hydrogen-bond acceptors (Lipinski definition) is 2. The number of hydrogen-bond donors (Lipinski definition) is 1.